The fourth-order valence-electron chi connectivity index (χ4n) is 4.62. The van der Waals surface area contributed by atoms with Gasteiger partial charge in [0.15, 0.2) is 0 Å². The van der Waals surface area contributed by atoms with Crippen LogP contribution in [0.4, 0.5) is 25.0 Å². The molecule has 1 atom stereocenters. The molecule has 7 nitrogen and oxygen atoms in total. The molecule has 4 amide bonds. The van der Waals surface area contributed by atoms with E-state index in [-0.39, 0.29) is 35.9 Å². The lowest BCUT2D eigenvalue weighted by Crippen LogP contribution is -2.60. The number of benzene rings is 2. The van der Waals surface area contributed by atoms with Crippen LogP contribution in [-0.2, 0) is 15.0 Å². The minimum atomic E-state index is -1.03. The van der Waals surface area contributed by atoms with Crippen LogP contribution < -0.4 is 20.9 Å². The predicted molar refractivity (Wildman–Crippen MR) is 123 cm³/mol. The van der Waals surface area contributed by atoms with Gasteiger partial charge in [0.05, 0.1) is 12.0 Å². The molecule has 5 rings (SSSR count). The van der Waals surface area contributed by atoms with E-state index in [9.17, 15) is 23.2 Å². The Balaban J connectivity index is 1.15. The Morgan fingerprint density at radius 3 is 2.32 bits per heavy atom. The van der Waals surface area contributed by atoms with Crippen LogP contribution in [0.2, 0.25) is 0 Å². The number of nitrogens with one attached hydrogen (secondary N) is 3. The van der Waals surface area contributed by atoms with E-state index >= 15 is 0 Å². The standard InChI is InChI=1S/C25H26F2N4O3/c1-25(8-9-25)14-2-4-15(5-3-14)28-24(34)29-16-12-31(13-16)17-10-19(26)22(20(27)11-17)18-6-7-21(32)30-23(18)33/h2-5,10-11,16,18H,6-9,12-13H2,1H3,(H2,28,29,34)(H,30,32,33). The first-order valence-electron chi connectivity index (χ1n) is 11.5. The van der Waals surface area contributed by atoms with Crippen LogP contribution in [0, 0.1) is 11.6 Å². The van der Waals surface area contributed by atoms with Crippen LogP contribution in [0.5, 0.6) is 0 Å². The van der Waals surface area contributed by atoms with Gasteiger partial charge < -0.3 is 15.5 Å². The third kappa shape index (κ3) is 4.34. The number of carbonyl (C=O) groups excluding carboxylic acids is 3. The number of piperidine rings is 1. The Hall–Kier alpha value is -3.49. The van der Waals surface area contributed by atoms with Crippen molar-refractivity contribution >= 4 is 29.2 Å². The highest BCUT2D eigenvalue weighted by molar-refractivity contribution is 6.01. The third-order valence-electron chi connectivity index (χ3n) is 7.07. The quantitative estimate of drug-likeness (QED) is 0.586. The van der Waals surface area contributed by atoms with Crippen molar-refractivity contribution in [2.75, 3.05) is 23.3 Å². The molecule has 2 heterocycles. The highest BCUT2D eigenvalue weighted by atomic mass is 19.1. The molecular formula is C25H26F2N4O3. The summed E-state index contributed by atoms with van der Waals surface area (Å²) in [7, 11) is 0. The fourth-order valence-corrected chi connectivity index (χ4v) is 4.62. The number of hydrogen-bond donors (Lipinski definition) is 3. The monoisotopic (exact) mass is 468 g/mol. The van der Waals surface area contributed by atoms with E-state index in [1.54, 1.807) is 4.90 Å². The van der Waals surface area contributed by atoms with Gasteiger partial charge in [-0.1, -0.05) is 19.1 Å². The second-order valence-corrected chi connectivity index (χ2v) is 9.67. The summed E-state index contributed by atoms with van der Waals surface area (Å²) >= 11 is 0. The fraction of sp³-hybridized carbons (Fsp3) is 0.400. The van der Waals surface area contributed by atoms with Crippen molar-refractivity contribution in [3.05, 3.63) is 59.2 Å². The zero-order valence-corrected chi connectivity index (χ0v) is 18.8. The molecule has 0 spiro atoms. The van der Waals surface area contributed by atoms with Gasteiger partial charge in [0.25, 0.3) is 0 Å². The van der Waals surface area contributed by atoms with Crippen LogP contribution in [-0.4, -0.2) is 37.0 Å². The second kappa shape index (κ2) is 8.38. The van der Waals surface area contributed by atoms with Gasteiger partial charge in [0.1, 0.15) is 11.6 Å². The number of imide groups is 1. The smallest absolute Gasteiger partial charge is 0.319 e. The normalized spacial score (nSPS) is 21.5. The molecule has 0 aromatic heterocycles. The summed E-state index contributed by atoms with van der Waals surface area (Å²) in [6, 6.07) is 9.75. The van der Waals surface area contributed by atoms with E-state index in [1.165, 1.54) is 30.5 Å². The zero-order chi connectivity index (χ0) is 24.0. The summed E-state index contributed by atoms with van der Waals surface area (Å²) in [5.41, 5.74) is 2.28. The van der Waals surface area contributed by atoms with Gasteiger partial charge in [-0.25, -0.2) is 13.6 Å². The number of nitrogens with zero attached hydrogens (tertiary/aromatic N) is 1. The first-order valence-corrected chi connectivity index (χ1v) is 11.5. The zero-order valence-electron chi connectivity index (χ0n) is 18.8. The van der Waals surface area contributed by atoms with E-state index < -0.39 is 29.4 Å². The highest BCUT2D eigenvalue weighted by Crippen LogP contribution is 2.47. The minimum Gasteiger partial charge on any atom is -0.367 e. The lowest BCUT2D eigenvalue weighted by atomic mass is 9.89. The van der Waals surface area contributed by atoms with E-state index in [0.29, 0.717) is 24.5 Å². The molecule has 2 aliphatic heterocycles. The van der Waals surface area contributed by atoms with Gasteiger partial charge >= 0.3 is 6.03 Å². The molecular weight excluding hydrogens is 442 g/mol. The van der Waals surface area contributed by atoms with Gasteiger partial charge in [-0.3, -0.25) is 14.9 Å². The summed E-state index contributed by atoms with van der Waals surface area (Å²) in [5, 5.41) is 7.80. The van der Waals surface area contributed by atoms with E-state index in [4.69, 9.17) is 0 Å². The summed E-state index contributed by atoms with van der Waals surface area (Å²) in [5.74, 6) is -3.78. The van der Waals surface area contributed by atoms with Crippen molar-refractivity contribution in [1.29, 1.82) is 0 Å². The maximum Gasteiger partial charge on any atom is 0.319 e. The molecule has 2 aromatic carbocycles. The van der Waals surface area contributed by atoms with Crippen LogP contribution >= 0.6 is 0 Å². The first-order chi connectivity index (χ1) is 16.2. The van der Waals surface area contributed by atoms with E-state index in [2.05, 4.69) is 22.9 Å². The predicted octanol–water partition coefficient (Wildman–Crippen LogP) is 3.55. The largest absolute Gasteiger partial charge is 0.367 e. The Morgan fingerprint density at radius 2 is 1.74 bits per heavy atom. The molecule has 1 unspecified atom stereocenters. The SMILES string of the molecule is CC1(c2ccc(NC(=O)NC3CN(c4cc(F)c(C5CCC(=O)NC5=O)c(F)c4)C3)cc2)CC1. The van der Waals surface area contributed by atoms with Crippen LogP contribution in [0.1, 0.15) is 49.7 Å². The lowest BCUT2D eigenvalue weighted by Gasteiger charge is -2.41. The second-order valence-electron chi connectivity index (χ2n) is 9.67. The number of rotatable bonds is 5. The summed E-state index contributed by atoms with van der Waals surface area (Å²) in [6.45, 7) is 3.04. The number of anilines is 2. The summed E-state index contributed by atoms with van der Waals surface area (Å²) < 4.78 is 29.5. The van der Waals surface area contributed by atoms with Crippen molar-refractivity contribution < 1.29 is 23.2 Å². The average molecular weight is 469 g/mol. The van der Waals surface area contributed by atoms with Crippen LogP contribution in [0.25, 0.3) is 0 Å². The topological polar surface area (TPSA) is 90.5 Å². The summed E-state index contributed by atoms with van der Waals surface area (Å²) in [6.07, 6.45) is 2.49. The number of carbonyl (C=O) groups is 3. The van der Waals surface area contributed by atoms with Crippen LogP contribution in [0.3, 0.4) is 0 Å². The Bertz CT molecular complexity index is 1130. The van der Waals surface area contributed by atoms with Crippen molar-refractivity contribution in [2.24, 2.45) is 0 Å². The number of hydrogen-bond acceptors (Lipinski definition) is 4. The van der Waals surface area contributed by atoms with Crippen molar-refractivity contribution in [2.45, 2.75) is 50.0 Å². The number of amides is 4. The first kappa shape index (κ1) is 22.3. The molecule has 3 aliphatic rings. The third-order valence-corrected chi connectivity index (χ3v) is 7.07. The van der Waals surface area contributed by atoms with Crippen LogP contribution in [0.15, 0.2) is 36.4 Å². The minimum absolute atomic E-state index is 0.0438. The molecule has 178 valence electrons. The lowest BCUT2D eigenvalue weighted by molar-refractivity contribution is -0.134. The van der Waals surface area contributed by atoms with Gasteiger partial charge in [-0.2, -0.15) is 0 Å². The molecule has 2 aromatic rings. The van der Waals surface area contributed by atoms with Gasteiger partial charge in [0, 0.05) is 36.4 Å². The van der Waals surface area contributed by atoms with Gasteiger partial charge in [-0.15, -0.1) is 0 Å². The Morgan fingerprint density at radius 1 is 1.09 bits per heavy atom. The van der Waals surface area contributed by atoms with Crippen molar-refractivity contribution in [3.63, 3.8) is 0 Å². The molecule has 3 N–H and O–H groups in total. The maximum atomic E-state index is 14.7. The Labute approximate surface area is 195 Å². The molecule has 0 bridgehead atoms. The molecule has 1 aliphatic carbocycles. The molecule has 0 radical (unpaired) electrons. The number of urea groups is 1. The van der Waals surface area contributed by atoms with Gasteiger partial charge in [-0.05, 0) is 54.5 Å². The molecule has 9 heteroatoms. The summed E-state index contributed by atoms with van der Waals surface area (Å²) in [4.78, 5) is 37.4. The molecule has 2 saturated heterocycles. The average Bonchev–Trinajstić information content (AvgIpc) is 3.50. The highest BCUT2D eigenvalue weighted by Gasteiger charge is 2.39. The molecule has 3 fully saturated rings. The van der Waals surface area contributed by atoms with Crippen molar-refractivity contribution in [1.82, 2.24) is 10.6 Å². The van der Waals surface area contributed by atoms with Gasteiger partial charge in [0.2, 0.25) is 11.8 Å². The van der Waals surface area contributed by atoms with E-state index in [1.807, 2.05) is 24.3 Å². The number of halogens is 2. The Kier molecular flexibility index (Phi) is 5.50. The van der Waals surface area contributed by atoms with Crippen molar-refractivity contribution in [3.8, 4) is 0 Å². The molecule has 1 saturated carbocycles. The van der Waals surface area contributed by atoms with E-state index in [0.717, 1.165) is 0 Å². The maximum absolute atomic E-state index is 14.7. The molecule has 34 heavy (non-hydrogen) atoms.